The molecule has 2 aliphatic rings. The van der Waals surface area contributed by atoms with Gasteiger partial charge >= 0.3 is 5.97 Å². The highest BCUT2D eigenvalue weighted by molar-refractivity contribution is 5.81. The lowest BCUT2D eigenvalue weighted by Crippen LogP contribution is -2.19. The molecule has 2 aromatic rings. The van der Waals surface area contributed by atoms with Crippen LogP contribution >= 0.6 is 0 Å². The summed E-state index contributed by atoms with van der Waals surface area (Å²) in [6.07, 6.45) is 1.92. The molecule has 1 fully saturated rings. The summed E-state index contributed by atoms with van der Waals surface area (Å²) >= 11 is 0. The van der Waals surface area contributed by atoms with Gasteiger partial charge in [-0.1, -0.05) is 48.5 Å². The quantitative estimate of drug-likeness (QED) is 0.789. The number of carbonyl (C=O) groups is 1. The first-order chi connectivity index (χ1) is 10.2. The highest BCUT2D eigenvalue weighted by Crippen LogP contribution is 2.48. The molecule has 0 amide bonds. The van der Waals surface area contributed by atoms with Gasteiger partial charge in [-0.05, 0) is 42.0 Å². The maximum atomic E-state index is 12.1. The van der Waals surface area contributed by atoms with Crippen molar-refractivity contribution >= 4 is 5.97 Å². The second-order valence-corrected chi connectivity index (χ2v) is 6.39. The summed E-state index contributed by atoms with van der Waals surface area (Å²) in [6, 6.07) is 16.8. The first-order valence-electron chi connectivity index (χ1n) is 7.54. The van der Waals surface area contributed by atoms with Crippen LogP contribution in [0, 0.1) is 5.41 Å². The topological polar surface area (TPSA) is 26.3 Å². The average molecular weight is 278 g/mol. The summed E-state index contributed by atoms with van der Waals surface area (Å²) in [5.41, 5.74) is 4.87. The Balaban J connectivity index is 1.64. The minimum Gasteiger partial charge on any atom is -0.464 e. The van der Waals surface area contributed by atoms with Gasteiger partial charge in [-0.15, -0.1) is 0 Å². The van der Waals surface area contributed by atoms with Crippen LogP contribution in [-0.4, -0.2) is 12.6 Å². The number of benzene rings is 2. The van der Waals surface area contributed by atoms with Crippen molar-refractivity contribution in [2.75, 3.05) is 6.61 Å². The van der Waals surface area contributed by atoms with Gasteiger partial charge in [0.2, 0.25) is 0 Å². The van der Waals surface area contributed by atoms with Gasteiger partial charge in [0.05, 0.1) is 5.41 Å². The van der Waals surface area contributed by atoms with Crippen LogP contribution in [0.1, 0.15) is 36.8 Å². The van der Waals surface area contributed by atoms with Crippen molar-refractivity contribution in [3.05, 3.63) is 59.7 Å². The smallest absolute Gasteiger partial charge is 0.311 e. The summed E-state index contributed by atoms with van der Waals surface area (Å²) in [4.78, 5) is 12.1. The van der Waals surface area contributed by atoms with E-state index in [0.29, 0.717) is 6.61 Å². The summed E-state index contributed by atoms with van der Waals surface area (Å²) < 4.78 is 5.63. The zero-order valence-electron chi connectivity index (χ0n) is 12.1. The molecule has 0 N–H and O–H groups in total. The number of hydrogen-bond acceptors (Lipinski definition) is 2. The van der Waals surface area contributed by atoms with Crippen molar-refractivity contribution in [1.82, 2.24) is 0 Å². The molecule has 0 aromatic heterocycles. The lowest BCUT2D eigenvalue weighted by Gasteiger charge is -2.16. The Kier molecular flexibility index (Phi) is 2.68. The van der Waals surface area contributed by atoms with E-state index in [1.54, 1.807) is 0 Å². The van der Waals surface area contributed by atoms with E-state index in [1.807, 2.05) is 6.92 Å². The van der Waals surface area contributed by atoms with Gasteiger partial charge in [-0.25, -0.2) is 0 Å². The molecule has 0 spiro atoms. The van der Waals surface area contributed by atoms with Gasteiger partial charge in [0.25, 0.3) is 0 Å². The molecule has 2 nitrogen and oxygen atoms in total. The molecule has 0 radical (unpaired) electrons. The van der Waals surface area contributed by atoms with Crippen LogP contribution in [-0.2, 0) is 9.53 Å². The lowest BCUT2D eigenvalue weighted by molar-refractivity contribution is -0.149. The fourth-order valence-corrected chi connectivity index (χ4v) is 3.16. The van der Waals surface area contributed by atoms with E-state index in [4.69, 9.17) is 4.74 Å². The molecule has 21 heavy (non-hydrogen) atoms. The summed E-state index contributed by atoms with van der Waals surface area (Å²) in [7, 11) is 0. The third-order valence-corrected chi connectivity index (χ3v) is 4.84. The molecule has 2 aromatic carbocycles. The van der Waals surface area contributed by atoms with Crippen molar-refractivity contribution in [2.24, 2.45) is 5.41 Å². The van der Waals surface area contributed by atoms with E-state index in [2.05, 4.69) is 48.5 Å². The maximum Gasteiger partial charge on any atom is 0.311 e. The van der Waals surface area contributed by atoms with Crippen LogP contribution in [0.3, 0.4) is 0 Å². The van der Waals surface area contributed by atoms with Gasteiger partial charge in [-0.2, -0.15) is 0 Å². The van der Waals surface area contributed by atoms with Crippen LogP contribution in [0.2, 0.25) is 0 Å². The minimum absolute atomic E-state index is 0.0376. The SMILES string of the molecule is CC1(C(=O)OCC2c3ccccc3-c3ccccc32)CC1. The average Bonchev–Trinajstić information content (AvgIpc) is 3.19. The fourth-order valence-electron chi connectivity index (χ4n) is 3.16. The van der Waals surface area contributed by atoms with Crippen LogP contribution in [0.5, 0.6) is 0 Å². The molecule has 106 valence electrons. The second kappa shape index (κ2) is 4.45. The molecule has 0 bridgehead atoms. The van der Waals surface area contributed by atoms with Crippen molar-refractivity contribution in [3.8, 4) is 11.1 Å². The maximum absolute atomic E-state index is 12.1. The molecule has 2 aliphatic carbocycles. The Morgan fingerprint density at radius 1 is 1.05 bits per heavy atom. The number of esters is 1. The van der Waals surface area contributed by atoms with Gasteiger partial charge in [0.15, 0.2) is 0 Å². The Labute approximate surface area is 124 Å². The summed E-state index contributed by atoms with van der Waals surface area (Å²) in [5.74, 6) is 0.132. The third kappa shape index (κ3) is 1.98. The molecular formula is C19H18O2. The van der Waals surface area contributed by atoms with Gasteiger partial charge in [0.1, 0.15) is 6.61 Å². The molecule has 0 heterocycles. The molecule has 0 saturated heterocycles. The van der Waals surface area contributed by atoms with Crippen LogP contribution < -0.4 is 0 Å². The van der Waals surface area contributed by atoms with Crippen molar-refractivity contribution < 1.29 is 9.53 Å². The predicted octanol–water partition coefficient (Wildman–Crippen LogP) is 4.14. The number of fused-ring (bicyclic) bond motifs is 3. The number of rotatable bonds is 3. The standard InChI is InChI=1S/C19H18O2/c1-19(10-11-19)18(20)21-12-17-15-8-4-2-6-13(15)14-7-3-5-9-16(14)17/h2-9,17H,10-12H2,1H3. The Morgan fingerprint density at radius 2 is 1.57 bits per heavy atom. The van der Waals surface area contributed by atoms with Crippen molar-refractivity contribution in [3.63, 3.8) is 0 Å². The molecule has 2 heteroatoms. The van der Waals surface area contributed by atoms with Crippen LogP contribution in [0.15, 0.2) is 48.5 Å². The van der Waals surface area contributed by atoms with Gasteiger partial charge in [-0.3, -0.25) is 4.79 Å². The molecule has 0 atom stereocenters. The number of ether oxygens (including phenoxy) is 1. The molecule has 4 rings (SSSR count). The van der Waals surface area contributed by atoms with Crippen molar-refractivity contribution in [1.29, 1.82) is 0 Å². The molecule has 1 saturated carbocycles. The Hall–Kier alpha value is -2.09. The first-order valence-corrected chi connectivity index (χ1v) is 7.54. The van der Waals surface area contributed by atoms with E-state index in [-0.39, 0.29) is 17.3 Å². The molecule has 0 aliphatic heterocycles. The van der Waals surface area contributed by atoms with Crippen molar-refractivity contribution in [2.45, 2.75) is 25.7 Å². The first kappa shape index (κ1) is 12.6. The third-order valence-electron chi connectivity index (χ3n) is 4.84. The Morgan fingerprint density at radius 3 is 2.10 bits per heavy atom. The van der Waals surface area contributed by atoms with E-state index < -0.39 is 0 Å². The number of hydrogen-bond donors (Lipinski definition) is 0. The molecular weight excluding hydrogens is 260 g/mol. The highest BCUT2D eigenvalue weighted by atomic mass is 16.5. The minimum atomic E-state index is -0.211. The molecule has 0 unspecified atom stereocenters. The van der Waals surface area contributed by atoms with Gasteiger partial charge < -0.3 is 4.74 Å². The Bertz CT molecular complexity index is 668. The zero-order valence-corrected chi connectivity index (χ0v) is 12.1. The largest absolute Gasteiger partial charge is 0.464 e. The van der Waals surface area contributed by atoms with E-state index in [1.165, 1.54) is 22.3 Å². The normalized spacial score (nSPS) is 18.0. The lowest BCUT2D eigenvalue weighted by atomic mass is 9.98. The van der Waals surface area contributed by atoms with Crippen LogP contribution in [0.4, 0.5) is 0 Å². The second-order valence-electron chi connectivity index (χ2n) is 6.39. The zero-order chi connectivity index (χ0) is 14.4. The monoisotopic (exact) mass is 278 g/mol. The fraction of sp³-hybridized carbons (Fsp3) is 0.316. The summed E-state index contributed by atoms with van der Waals surface area (Å²) in [5, 5.41) is 0. The van der Waals surface area contributed by atoms with Crippen LogP contribution in [0.25, 0.3) is 11.1 Å². The van der Waals surface area contributed by atoms with Gasteiger partial charge in [0, 0.05) is 5.92 Å². The predicted molar refractivity (Wildman–Crippen MR) is 82.0 cm³/mol. The summed E-state index contributed by atoms with van der Waals surface area (Å²) in [6.45, 7) is 2.44. The highest BCUT2D eigenvalue weighted by Gasteiger charge is 2.46. The van der Waals surface area contributed by atoms with E-state index >= 15 is 0 Å². The number of carbonyl (C=O) groups excluding carboxylic acids is 1. The van der Waals surface area contributed by atoms with E-state index in [0.717, 1.165) is 12.8 Å². The van der Waals surface area contributed by atoms with E-state index in [9.17, 15) is 4.79 Å².